The number of carbonyl (C=O) groups is 2. The van der Waals surface area contributed by atoms with Gasteiger partial charge in [0.05, 0.1) is 11.4 Å². The second-order valence-electron chi connectivity index (χ2n) is 7.67. The highest BCUT2D eigenvalue weighted by Gasteiger charge is 2.31. The van der Waals surface area contributed by atoms with Crippen molar-refractivity contribution in [2.24, 2.45) is 0 Å². The molecule has 0 saturated heterocycles. The number of rotatable bonds is 8. The summed E-state index contributed by atoms with van der Waals surface area (Å²) in [6.45, 7) is 4.02. The molecule has 1 saturated carbocycles. The first kappa shape index (κ1) is 21.1. The summed E-state index contributed by atoms with van der Waals surface area (Å²) in [5.41, 5.74) is 3.85. The number of hydrogen-bond donors (Lipinski definition) is 2. The van der Waals surface area contributed by atoms with Gasteiger partial charge in [0.2, 0.25) is 11.8 Å². The number of carbonyl (C=O) groups excluding carboxylic acids is 2. The molecule has 0 aliphatic heterocycles. The van der Waals surface area contributed by atoms with Crippen LogP contribution in [-0.4, -0.2) is 32.3 Å². The smallest absolute Gasteiger partial charge is 0.230 e. The van der Waals surface area contributed by atoms with Crippen molar-refractivity contribution in [1.82, 2.24) is 20.1 Å². The maximum atomic E-state index is 12.4. The topological polar surface area (TPSA) is 88.9 Å². The van der Waals surface area contributed by atoms with Gasteiger partial charge in [0.1, 0.15) is 5.82 Å². The lowest BCUT2D eigenvalue weighted by atomic mass is 10.1. The minimum atomic E-state index is -0.122. The Labute approximate surface area is 185 Å². The van der Waals surface area contributed by atoms with Crippen molar-refractivity contribution in [3.8, 4) is 5.69 Å². The highest BCUT2D eigenvalue weighted by atomic mass is 32.2. The van der Waals surface area contributed by atoms with Gasteiger partial charge in [-0.2, -0.15) is 0 Å². The van der Waals surface area contributed by atoms with Crippen molar-refractivity contribution >= 4 is 29.3 Å². The van der Waals surface area contributed by atoms with Crippen LogP contribution in [0.2, 0.25) is 0 Å². The molecular weight excluding hydrogens is 410 g/mol. The molecule has 31 heavy (non-hydrogen) atoms. The van der Waals surface area contributed by atoms with E-state index in [1.54, 1.807) is 0 Å². The van der Waals surface area contributed by atoms with Gasteiger partial charge in [0.25, 0.3) is 0 Å². The molecule has 1 fully saturated rings. The molecule has 2 amide bonds. The third-order valence-corrected chi connectivity index (χ3v) is 6.02. The molecule has 2 aromatic carbocycles. The molecule has 0 bridgehead atoms. The average Bonchev–Trinajstić information content (AvgIpc) is 3.50. The number of thioether (sulfide) groups is 1. The number of aromatic nitrogens is 3. The lowest BCUT2D eigenvalue weighted by Gasteiger charge is -2.12. The summed E-state index contributed by atoms with van der Waals surface area (Å²) in [5, 5.41) is 15.2. The number of benzene rings is 2. The van der Waals surface area contributed by atoms with Gasteiger partial charge < -0.3 is 10.6 Å². The van der Waals surface area contributed by atoms with Crippen LogP contribution < -0.4 is 10.6 Å². The number of nitrogens with one attached hydrogen (secondary N) is 2. The van der Waals surface area contributed by atoms with Gasteiger partial charge in [-0.3, -0.25) is 14.2 Å². The van der Waals surface area contributed by atoms with Crippen LogP contribution in [0.4, 0.5) is 5.69 Å². The summed E-state index contributed by atoms with van der Waals surface area (Å²) in [6.07, 6.45) is 2.18. The molecule has 0 unspecified atom stereocenters. The molecular formula is C23H25N5O2S. The van der Waals surface area contributed by atoms with Gasteiger partial charge in [0.15, 0.2) is 5.16 Å². The van der Waals surface area contributed by atoms with Crippen molar-refractivity contribution in [2.75, 3.05) is 11.1 Å². The SMILES string of the molecule is CC(=O)Nc1cccc(-n2c(SCC(=O)NCc3ccccc3C)nnc2C2CC2)c1. The van der Waals surface area contributed by atoms with E-state index < -0.39 is 0 Å². The zero-order chi connectivity index (χ0) is 21.8. The molecule has 1 aromatic heterocycles. The quantitative estimate of drug-likeness (QED) is 0.525. The van der Waals surface area contributed by atoms with Crippen LogP contribution in [0, 0.1) is 6.92 Å². The summed E-state index contributed by atoms with van der Waals surface area (Å²) >= 11 is 1.37. The van der Waals surface area contributed by atoms with E-state index in [4.69, 9.17) is 0 Å². The molecule has 2 N–H and O–H groups in total. The fraction of sp³-hybridized carbons (Fsp3) is 0.304. The van der Waals surface area contributed by atoms with Crippen LogP contribution in [0.1, 0.15) is 42.6 Å². The molecule has 8 heteroatoms. The largest absolute Gasteiger partial charge is 0.351 e. The fourth-order valence-corrected chi connectivity index (χ4v) is 4.12. The number of anilines is 1. The molecule has 3 aromatic rings. The Morgan fingerprint density at radius 2 is 1.94 bits per heavy atom. The van der Waals surface area contributed by atoms with Crippen LogP contribution in [0.5, 0.6) is 0 Å². The maximum Gasteiger partial charge on any atom is 0.230 e. The molecule has 0 radical (unpaired) electrons. The van der Waals surface area contributed by atoms with Crippen LogP contribution in [0.15, 0.2) is 53.7 Å². The first-order valence-corrected chi connectivity index (χ1v) is 11.3. The summed E-state index contributed by atoms with van der Waals surface area (Å²) < 4.78 is 2.00. The Hall–Kier alpha value is -3.13. The standard InChI is InChI=1S/C23H25N5O2S/c1-15-6-3-4-7-18(15)13-24-21(30)14-31-23-27-26-22(17-10-11-17)28(23)20-9-5-8-19(12-20)25-16(2)29/h3-9,12,17H,10-11,13-14H2,1-2H3,(H,24,30)(H,25,29). The predicted octanol–water partition coefficient (Wildman–Crippen LogP) is 3.82. The molecule has 4 rings (SSSR count). The second-order valence-corrected chi connectivity index (χ2v) is 8.62. The van der Waals surface area contributed by atoms with Crippen molar-refractivity contribution in [1.29, 1.82) is 0 Å². The average molecular weight is 436 g/mol. The second kappa shape index (κ2) is 9.34. The van der Waals surface area contributed by atoms with E-state index >= 15 is 0 Å². The molecule has 0 atom stereocenters. The lowest BCUT2D eigenvalue weighted by Crippen LogP contribution is -2.25. The van der Waals surface area contributed by atoms with Crippen LogP contribution >= 0.6 is 11.8 Å². The Morgan fingerprint density at radius 1 is 1.13 bits per heavy atom. The molecule has 160 valence electrons. The van der Waals surface area contributed by atoms with Gasteiger partial charge in [-0.1, -0.05) is 42.1 Å². The number of nitrogens with zero attached hydrogens (tertiary/aromatic N) is 3. The van der Waals surface area contributed by atoms with Crippen LogP contribution in [0.25, 0.3) is 5.69 Å². The monoisotopic (exact) mass is 435 g/mol. The summed E-state index contributed by atoms with van der Waals surface area (Å²) in [7, 11) is 0. The minimum Gasteiger partial charge on any atom is -0.351 e. The third kappa shape index (κ3) is 5.32. The lowest BCUT2D eigenvalue weighted by molar-refractivity contribution is -0.118. The molecule has 1 aliphatic carbocycles. The van der Waals surface area contributed by atoms with E-state index in [2.05, 4.69) is 20.8 Å². The number of hydrogen-bond acceptors (Lipinski definition) is 5. The first-order valence-electron chi connectivity index (χ1n) is 10.3. The van der Waals surface area contributed by atoms with Gasteiger partial charge in [-0.05, 0) is 49.1 Å². The molecule has 7 nitrogen and oxygen atoms in total. The minimum absolute atomic E-state index is 0.0530. The number of amides is 2. The number of aryl methyl sites for hydroxylation is 1. The van der Waals surface area contributed by atoms with E-state index in [0.29, 0.717) is 23.3 Å². The highest BCUT2D eigenvalue weighted by Crippen LogP contribution is 2.41. The van der Waals surface area contributed by atoms with Crippen molar-refractivity contribution < 1.29 is 9.59 Å². The van der Waals surface area contributed by atoms with Crippen LogP contribution in [0.3, 0.4) is 0 Å². The molecule has 0 spiro atoms. The van der Waals surface area contributed by atoms with Gasteiger partial charge in [0, 0.05) is 25.1 Å². The van der Waals surface area contributed by atoms with E-state index in [1.165, 1.54) is 18.7 Å². The van der Waals surface area contributed by atoms with E-state index in [1.807, 2.05) is 60.0 Å². The van der Waals surface area contributed by atoms with Gasteiger partial charge in [-0.15, -0.1) is 10.2 Å². The predicted molar refractivity (Wildman–Crippen MR) is 121 cm³/mol. The Morgan fingerprint density at radius 3 is 2.68 bits per heavy atom. The third-order valence-electron chi connectivity index (χ3n) is 5.10. The van der Waals surface area contributed by atoms with E-state index in [9.17, 15) is 9.59 Å². The molecule has 1 aliphatic rings. The summed E-state index contributed by atoms with van der Waals surface area (Å²) in [6, 6.07) is 15.6. The van der Waals surface area contributed by atoms with Crippen LogP contribution in [-0.2, 0) is 16.1 Å². The Kier molecular flexibility index (Phi) is 6.36. The normalized spacial score (nSPS) is 13.1. The van der Waals surface area contributed by atoms with E-state index in [0.717, 1.165) is 35.5 Å². The fourth-order valence-electron chi connectivity index (χ4n) is 3.33. The maximum absolute atomic E-state index is 12.4. The zero-order valence-electron chi connectivity index (χ0n) is 17.6. The van der Waals surface area contributed by atoms with Gasteiger partial charge >= 0.3 is 0 Å². The summed E-state index contributed by atoms with van der Waals surface area (Å²) in [5.74, 6) is 1.37. The van der Waals surface area contributed by atoms with Crippen molar-refractivity contribution in [3.63, 3.8) is 0 Å². The molecule has 1 heterocycles. The Balaban J connectivity index is 1.47. The van der Waals surface area contributed by atoms with E-state index in [-0.39, 0.29) is 17.6 Å². The highest BCUT2D eigenvalue weighted by molar-refractivity contribution is 7.99. The first-order chi connectivity index (χ1) is 15.0. The van der Waals surface area contributed by atoms with Gasteiger partial charge in [-0.25, -0.2) is 0 Å². The van der Waals surface area contributed by atoms with Crippen molar-refractivity contribution in [3.05, 3.63) is 65.5 Å². The Bertz CT molecular complexity index is 1110. The zero-order valence-corrected chi connectivity index (χ0v) is 18.4. The van der Waals surface area contributed by atoms with Crippen molar-refractivity contribution in [2.45, 2.75) is 44.3 Å². The summed E-state index contributed by atoms with van der Waals surface area (Å²) in [4.78, 5) is 23.9.